The largest absolute Gasteiger partial charge is 0.481 e. The Bertz CT molecular complexity index is 415. The summed E-state index contributed by atoms with van der Waals surface area (Å²) in [5, 5.41) is 8.64. The van der Waals surface area contributed by atoms with E-state index in [1.165, 1.54) is 6.07 Å². The molecule has 7 heteroatoms. The van der Waals surface area contributed by atoms with Crippen molar-refractivity contribution in [1.29, 1.82) is 0 Å². The molecule has 0 amide bonds. The number of aliphatic carboxylic acids is 1. The molecule has 1 aromatic heterocycles. The summed E-state index contributed by atoms with van der Waals surface area (Å²) in [6, 6.07) is 1.44. The Morgan fingerprint density at radius 1 is 1.62 bits per heavy atom. The second-order valence-corrected chi connectivity index (χ2v) is 4.32. The van der Waals surface area contributed by atoms with E-state index in [9.17, 15) is 13.6 Å². The molecule has 0 bridgehead atoms. The molecular formula is C9H7ClF2INO2. The van der Waals surface area contributed by atoms with Gasteiger partial charge in [0.1, 0.15) is 5.69 Å². The van der Waals surface area contributed by atoms with Crippen LogP contribution in [0.2, 0.25) is 0 Å². The van der Waals surface area contributed by atoms with Gasteiger partial charge >= 0.3 is 5.97 Å². The first-order chi connectivity index (χ1) is 7.45. The van der Waals surface area contributed by atoms with Crippen LogP contribution < -0.4 is 0 Å². The van der Waals surface area contributed by atoms with E-state index in [-0.39, 0.29) is 21.6 Å². The van der Waals surface area contributed by atoms with E-state index in [1.54, 1.807) is 22.6 Å². The summed E-state index contributed by atoms with van der Waals surface area (Å²) in [5.41, 5.74) is 0.165. The highest BCUT2D eigenvalue weighted by molar-refractivity contribution is 14.1. The van der Waals surface area contributed by atoms with Gasteiger partial charge in [0.15, 0.2) is 0 Å². The molecule has 0 fully saturated rings. The first-order valence-electron chi connectivity index (χ1n) is 4.19. The Labute approximate surface area is 109 Å². The fourth-order valence-electron chi connectivity index (χ4n) is 1.17. The minimum Gasteiger partial charge on any atom is -0.481 e. The van der Waals surface area contributed by atoms with Crippen LogP contribution in [0, 0.1) is 3.57 Å². The number of carboxylic acid groups (broad SMARTS) is 1. The molecule has 1 aromatic rings. The molecule has 88 valence electrons. The maximum absolute atomic E-state index is 12.6. The molecule has 0 radical (unpaired) electrons. The van der Waals surface area contributed by atoms with Crippen LogP contribution in [0.25, 0.3) is 0 Å². The SMILES string of the molecule is O=C(O)Cc1cc(CCl)nc(C(F)F)c1I. The average Bonchev–Trinajstić information content (AvgIpc) is 2.19. The minimum absolute atomic E-state index is 0.0245. The van der Waals surface area contributed by atoms with Crippen molar-refractivity contribution >= 4 is 40.2 Å². The van der Waals surface area contributed by atoms with E-state index < -0.39 is 18.1 Å². The highest BCUT2D eigenvalue weighted by Crippen LogP contribution is 2.26. The smallest absolute Gasteiger partial charge is 0.307 e. The summed E-state index contributed by atoms with van der Waals surface area (Å²) in [7, 11) is 0. The zero-order valence-corrected chi connectivity index (χ0v) is 10.8. The summed E-state index contributed by atoms with van der Waals surface area (Å²) in [6.07, 6.45) is -3.05. The lowest BCUT2D eigenvalue weighted by molar-refractivity contribution is -0.136. The number of aromatic nitrogens is 1. The number of hydrogen-bond acceptors (Lipinski definition) is 2. The van der Waals surface area contributed by atoms with Crippen LogP contribution >= 0.6 is 34.2 Å². The number of rotatable bonds is 4. The lowest BCUT2D eigenvalue weighted by atomic mass is 10.1. The van der Waals surface area contributed by atoms with E-state index in [1.807, 2.05) is 0 Å². The van der Waals surface area contributed by atoms with Crippen molar-refractivity contribution < 1.29 is 18.7 Å². The molecule has 1 N–H and O–H groups in total. The Morgan fingerprint density at radius 2 is 2.25 bits per heavy atom. The molecule has 0 aliphatic carbocycles. The number of nitrogens with zero attached hydrogens (tertiary/aromatic N) is 1. The summed E-state index contributed by atoms with van der Waals surface area (Å²) >= 11 is 7.18. The van der Waals surface area contributed by atoms with E-state index >= 15 is 0 Å². The number of carboxylic acids is 1. The summed E-state index contributed by atoms with van der Waals surface area (Å²) < 4.78 is 25.4. The molecule has 0 saturated carbocycles. The van der Waals surface area contributed by atoms with Gasteiger partial charge in [-0.25, -0.2) is 13.8 Å². The van der Waals surface area contributed by atoms with Crippen LogP contribution in [0.3, 0.4) is 0 Å². The number of halogens is 4. The van der Waals surface area contributed by atoms with Crippen molar-refractivity contribution in [2.45, 2.75) is 18.7 Å². The zero-order valence-electron chi connectivity index (χ0n) is 7.88. The monoisotopic (exact) mass is 361 g/mol. The van der Waals surface area contributed by atoms with Crippen LogP contribution in [-0.2, 0) is 17.1 Å². The highest BCUT2D eigenvalue weighted by Gasteiger charge is 2.19. The van der Waals surface area contributed by atoms with Crippen LogP contribution in [0.4, 0.5) is 8.78 Å². The molecule has 0 spiro atoms. The lowest BCUT2D eigenvalue weighted by Crippen LogP contribution is -2.08. The predicted octanol–water partition coefficient (Wildman–Crippen LogP) is 2.99. The molecule has 0 unspecified atom stereocenters. The zero-order chi connectivity index (χ0) is 12.3. The van der Waals surface area contributed by atoms with Gasteiger partial charge in [-0.15, -0.1) is 11.6 Å². The molecule has 0 aliphatic rings. The fourth-order valence-corrected chi connectivity index (χ4v) is 2.01. The van der Waals surface area contributed by atoms with Crippen LogP contribution in [0.1, 0.15) is 23.4 Å². The molecule has 16 heavy (non-hydrogen) atoms. The van der Waals surface area contributed by atoms with Gasteiger partial charge in [0.05, 0.1) is 18.0 Å². The Hall–Kier alpha value is -0.500. The Morgan fingerprint density at radius 3 is 2.69 bits per heavy atom. The predicted molar refractivity (Wildman–Crippen MR) is 62.8 cm³/mol. The Kier molecular flexibility index (Phi) is 4.85. The molecule has 0 atom stereocenters. The van der Waals surface area contributed by atoms with Gasteiger partial charge in [-0.1, -0.05) is 0 Å². The topological polar surface area (TPSA) is 50.2 Å². The van der Waals surface area contributed by atoms with Gasteiger partial charge in [0.25, 0.3) is 6.43 Å². The lowest BCUT2D eigenvalue weighted by Gasteiger charge is -2.09. The van der Waals surface area contributed by atoms with Gasteiger partial charge in [0.2, 0.25) is 0 Å². The fraction of sp³-hybridized carbons (Fsp3) is 0.333. The highest BCUT2D eigenvalue weighted by atomic mass is 127. The average molecular weight is 362 g/mol. The van der Waals surface area contributed by atoms with Gasteiger partial charge < -0.3 is 5.11 Å². The number of alkyl halides is 3. The van der Waals surface area contributed by atoms with Crippen LogP contribution in [-0.4, -0.2) is 16.1 Å². The first-order valence-corrected chi connectivity index (χ1v) is 5.81. The third-order valence-corrected chi connectivity index (χ3v) is 3.32. The normalized spacial score (nSPS) is 10.8. The van der Waals surface area contributed by atoms with Gasteiger partial charge in [-0.2, -0.15) is 0 Å². The van der Waals surface area contributed by atoms with Gasteiger partial charge in [-0.3, -0.25) is 4.79 Å². The standard InChI is InChI=1S/C9H7ClF2INO2/c10-3-5-1-4(2-6(15)16)7(13)8(14-5)9(11)12/h1,9H,2-3H2,(H,15,16). The van der Waals surface area contributed by atoms with Gasteiger partial charge in [0, 0.05) is 3.57 Å². The number of pyridine rings is 1. The van der Waals surface area contributed by atoms with Crippen LogP contribution in [0.15, 0.2) is 6.07 Å². The number of carbonyl (C=O) groups is 1. The summed E-state index contributed by atoms with van der Waals surface area (Å²) in [6.45, 7) is 0. The molecule has 3 nitrogen and oxygen atoms in total. The quantitative estimate of drug-likeness (QED) is 0.662. The first kappa shape index (κ1) is 13.6. The molecule has 1 heterocycles. The van der Waals surface area contributed by atoms with Crippen LogP contribution in [0.5, 0.6) is 0 Å². The minimum atomic E-state index is -2.73. The second kappa shape index (κ2) is 5.72. The Balaban J connectivity index is 3.25. The van der Waals surface area contributed by atoms with Crippen molar-refractivity contribution in [2.24, 2.45) is 0 Å². The van der Waals surface area contributed by atoms with Crippen molar-refractivity contribution in [3.63, 3.8) is 0 Å². The maximum atomic E-state index is 12.6. The van der Waals surface area contributed by atoms with E-state index in [2.05, 4.69) is 4.98 Å². The molecule has 0 saturated heterocycles. The van der Waals surface area contributed by atoms with Crippen molar-refractivity contribution in [1.82, 2.24) is 4.98 Å². The summed E-state index contributed by atoms with van der Waals surface area (Å²) in [4.78, 5) is 14.2. The molecule has 0 aromatic carbocycles. The molecular weight excluding hydrogens is 354 g/mol. The van der Waals surface area contributed by atoms with E-state index in [0.29, 0.717) is 5.56 Å². The maximum Gasteiger partial charge on any atom is 0.307 e. The number of hydrogen-bond donors (Lipinski definition) is 1. The van der Waals surface area contributed by atoms with Crippen molar-refractivity contribution in [3.8, 4) is 0 Å². The van der Waals surface area contributed by atoms with Gasteiger partial charge in [-0.05, 0) is 34.2 Å². The third-order valence-electron chi connectivity index (χ3n) is 1.80. The molecule has 1 rings (SSSR count). The van der Waals surface area contributed by atoms with E-state index in [4.69, 9.17) is 16.7 Å². The van der Waals surface area contributed by atoms with E-state index in [0.717, 1.165) is 0 Å². The van der Waals surface area contributed by atoms with Crippen molar-refractivity contribution in [3.05, 3.63) is 26.6 Å². The van der Waals surface area contributed by atoms with Crippen molar-refractivity contribution in [2.75, 3.05) is 0 Å². The summed E-state index contributed by atoms with van der Waals surface area (Å²) in [5.74, 6) is -1.10. The molecule has 0 aliphatic heterocycles. The third kappa shape index (κ3) is 3.24. The second-order valence-electron chi connectivity index (χ2n) is 2.98.